The van der Waals surface area contributed by atoms with E-state index in [0.717, 1.165) is 25.7 Å². The van der Waals surface area contributed by atoms with Gasteiger partial charge in [0.25, 0.3) is 23.6 Å². The molecule has 0 radical (unpaired) electrons. The normalized spacial score (nSPS) is 18.6. The molecular weight excluding hydrogens is 502 g/mol. The molecule has 6 rings (SSSR count). The minimum atomic E-state index is -0.483. The van der Waals surface area contributed by atoms with E-state index < -0.39 is 11.8 Å². The van der Waals surface area contributed by atoms with Gasteiger partial charge in [-0.3, -0.25) is 29.1 Å². The lowest BCUT2D eigenvalue weighted by atomic mass is 9.85. The van der Waals surface area contributed by atoms with Crippen LogP contribution in [0.2, 0.25) is 0 Å². The van der Waals surface area contributed by atoms with Gasteiger partial charge >= 0.3 is 0 Å². The summed E-state index contributed by atoms with van der Waals surface area (Å²) in [5.41, 5.74) is 2.02. The molecular formula is C33H31N3O4. The van der Waals surface area contributed by atoms with Crippen molar-refractivity contribution < 1.29 is 19.2 Å². The number of rotatable bonds is 8. The molecule has 0 aromatic heterocycles. The van der Waals surface area contributed by atoms with Crippen molar-refractivity contribution in [3.05, 3.63) is 101 Å². The van der Waals surface area contributed by atoms with Gasteiger partial charge in [0.2, 0.25) is 0 Å². The van der Waals surface area contributed by atoms with E-state index >= 15 is 0 Å². The monoisotopic (exact) mass is 533 g/mol. The summed E-state index contributed by atoms with van der Waals surface area (Å²) in [7, 11) is 0. The molecule has 1 aliphatic carbocycles. The molecule has 0 saturated heterocycles. The third-order valence-electron chi connectivity index (χ3n) is 8.08. The summed E-state index contributed by atoms with van der Waals surface area (Å²) >= 11 is 0. The van der Waals surface area contributed by atoms with E-state index in [0.29, 0.717) is 45.1 Å². The largest absolute Gasteiger partial charge is 0.280 e. The maximum Gasteiger partial charge on any atom is 0.280 e. The molecule has 4 amide bonds. The van der Waals surface area contributed by atoms with Crippen LogP contribution in [0, 0.1) is 0 Å². The Balaban J connectivity index is 1.45. The Morgan fingerprint density at radius 2 is 1.35 bits per heavy atom. The van der Waals surface area contributed by atoms with Gasteiger partial charge in [-0.15, -0.1) is 0 Å². The molecule has 3 aliphatic rings. The molecule has 0 spiro atoms. The molecule has 0 N–H and O–H groups in total. The summed E-state index contributed by atoms with van der Waals surface area (Å²) in [5, 5.41) is 3.73. The van der Waals surface area contributed by atoms with Crippen LogP contribution in [-0.2, 0) is 0 Å². The quantitative estimate of drug-likeness (QED) is 0.251. The van der Waals surface area contributed by atoms with Gasteiger partial charge in [0.1, 0.15) is 0 Å². The zero-order valence-corrected chi connectivity index (χ0v) is 22.7. The molecule has 0 fully saturated rings. The Morgan fingerprint density at radius 3 is 1.88 bits per heavy atom. The smallest absolute Gasteiger partial charge is 0.272 e. The van der Waals surface area contributed by atoms with Gasteiger partial charge in [-0.05, 0) is 56.2 Å². The van der Waals surface area contributed by atoms with Crippen molar-refractivity contribution in [2.45, 2.75) is 58.0 Å². The van der Waals surface area contributed by atoms with Crippen LogP contribution in [0.1, 0.15) is 87.4 Å². The topological polar surface area (TPSA) is 78.0 Å². The number of para-hydroxylation sites is 1. The number of hydrogen-bond donors (Lipinski definition) is 0. The van der Waals surface area contributed by atoms with Crippen LogP contribution >= 0.6 is 0 Å². The average Bonchev–Trinajstić information content (AvgIpc) is 2.98. The number of nitrogens with zero attached hydrogens (tertiary/aromatic N) is 3. The summed E-state index contributed by atoms with van der Waals surface area (Å²) in [4.78, 5) is 56.9. The maximum atomic E-state index is 14.1. The lowest BCUT2D eigenvalue weighted by Crippen LogP contribution is -2.56. The highest BCUT2D eigenvalue weighted by Crippen LogP contribution is 2.40. The van der Waals surface area contributed by atoms with E-state index in [1.54, 1.807) is 29.3 Å². The predicted molar refractivity (Wildman–Crippen MR) is 154 cm³/mol. The summed E-state index contributed by atoms with van der Waals surface area (Å²) < 4.78 is 0. The number of hydrazine groups is 1. The first-order valence-electron chi connectivity index (χ1n) is 14.0. The number of unbranched alkanes of at least 4 members (excludes halogenated alkanes) is 2. The maximum absolute atomic E-state index is 14.1. The van der Waals surface area contributed by atoms with Gasteiger partial charge in [0.05, 0.1) is 22.9 Å². The third kappa shape index (κ3) is 3.96. The van der Waals surface area contributed by atoms with Crippen LogP contribution in [0.15, 0.2) is 78.9 Å². The third-order valence-corrected chi connectivity index (χ3v) is 8.08. The zero-order chi connectivity index (χ0) is 28.0. The van der Waals surface area contributed by atoms with E-state index in [-0.39, 0.29) is 23.9 Å². The van der Waals surface area contributed by atoms with E-state index in [9.17, 15) is 19.2 Å². The molecule has 202 valence electrons. The molecule has 2 atom stereocenters. The molecule has 40 heavy (non-hydrogen) atoms. The van der Waals surface area contributed by atoms with Crippen LogP contribution in [0.3, 0.4) is 0 Å². The molecule has 0 saturated carbocycles. The zero-order valence-electron chi connectivity index (χ0n) is 22.7. The van der Waals surface area contributed by atoms with E-state index in [2.05, 4.69) is 6.92 Å². The highest BCUT2D eigenvalue weighted by molar-refractivity contribution is 6.33. The number of allylic oxidation sites excluding steroid dienone is 2. The number of carbonyl (C=O) groups excluding carboxylic acids is 4. The van der Waals surface area contributed by atoms with Crippen molar-refractivity contribution in [3.63, 3.8) is 0 Å². The molecule has 7 nitrogen and oxygen atoms in total. The first-order valence-corrected chi connectivity index (χ1v) is 14.0. The lowest BCUT2D eigenvalue weighted by Gasteiger charge is -2.42. The standard InChI is InChI=1S/C33H31N3O4/c1-3-4-7-12-21(2)34-30(37)24-17-19-26-29-27(20-18-25(28(24)29)31(34)38)33(40)36(32(26)39)35(22-13-8-5-9-14-22)23-15-10-6-11-16-23/h5-6,8-11,13-15,17-21,23H,3-4,7,12,16H2,1-2H3. The van der Waals surface area contributed by atoms with E-state index in [1.165, 1.54) is 9.91 Å². The summed E-state index contributed by atoms with van der Waals surface area (Å²) in [6.07, 6.45) is 12.2. The van der Waals surface area contributed by atoms with Crippen LogP contribution in [0.5, 0.6) is 0 Å². The summed E-state index contributed by atoms with van der Waals surface area (Å²) in [6.45, 7) is 4.02. The highest BCUT2D eigenvalue weighted by atomic mass is 16.2. The molecule has 2 unspecified atom stereocenters. The minimum absolute atomic E-state index is 0.249. The molecule has 2 heterocycles. The molecule has 0 bridgehead atoms. The number of anilines is 1. The summed E-state index contributed by atoms with van der Waals surface area (Å²) in [6, 6.07) is 15.4. The van der Waals surface area contributed by atoms with Gasteiger partial charge in [-0.25, -0.2) is 0 Å². The van der Waals surface area contributed by atoms with Crippen molar-refractivity contribution in [2.24, 2.45) is 0 Å². The molecule has 3 aromatic carbocycles. The van der Waals surface area contributed by atoms with Gasteiger partial charge in [0, 0.05) is 27.9 Å². The Kier molecular flexibility index (Phi) is 6.58. The van der Waals surface area contributed by atoms with Gasteiger partial charge in [-0.2, -0.15) is 5.01 Å². The fourth-order valence-corrected chi connectivity index (χ4v) is 6.08. The Morgan fingerprint density at radius 1 is 0.775 bits per heavy atom. The van der Waals surface area contributed by atoms with Crippen molar-refractivity contribution in [2.75, 3.05) is 5.01 Å². The Bertz CT molecular complexity index is 1540. The lowest BCUT2D eigenvalue weighted by molar-refractivity contribution is 0.0532. The minimum Gasteiger partial charge on any atom is -0.272 e. The first-order chi connectivity index (χ1) is 19.4. The van der Waals surface area contributed by atoms with Gasteiger partial charge < -0.3 is 0 Å². The van der Waals surface area contributed by atoms with Crippen LogP contribution in [-0.4, -0.2) is 45.6 Å². The van der Waals surface area contributed by atoms with E-state index in [4.69, 9.17) is 0 Å². The van der Waals surface area contributed by atoms with Gasteiger partial charge in [-0.1, -0.05) is 68.7 Å². The fraction of sp³-hybridized carbons (Fsp3) is 0.273. The Labute approximate surface area is 233 Å². The second-order valence-electron chi connectivity index (χ2n) is 10.6. The second kappa shape index (κ2) is 10.2. The Hall–Kier alpha value is -4.52. The number of amides is 4. The van der Waals surface area contributed by atoms with Gasteiger partial charge in [0.15, 0.2) is 0 Å². The van der Waals surface area contributed by atoms with Crippen LogP contribution < -0.4 is 5.01 Å². The van der Waals surface area contributed by atoms with Crippen molar-refractivity contribution in [1.29, 1.82) is 0 Å². The van der Waals surface area contributed by atoms with E-state index in [1.807, 2.05) is 61.6 Å². The highest BCUT2D eigenvalue weighted by Gasteiger charge is 2.43. The molecule has 2 aliphatic heterocycles. The number of benzene rings is 3. The van der Waals surface area contributed by atoms with Crippen molar-refractivity contribution in [3.8, 4) is 0 Å². The van der Waals surface area contributed by atoms with Crippen molar-refractivity contribution >= 4 is 40.1 Å². The second-order valence-corrected chi connectivity index (χ2v) is 10.6. The molecule has 3 aromatic rings. The predicted octanol–water partition coefficient (Wildman–Crippen LogP) is 6.31. The average molecular weight is 534 g/mol. The first kappa shape index (κ1) is 25.7. The summed E-state index contributed by atoms with van der Waals surface area (Å²) in [5.74, 6) is -1.72. The fourth-order valence-electron chi connectivity index (χ4n) is 6.08. The SMILES string of the molecule is CCCCCC(C)N1C(=O)c2ccc3c4c(ccc(c24)C1=O)C(=O)N(N(c1ccccc1)C1C=CC=CC1)C3=O. The number of carbonyl (C=O) groups is 4. The van der Waals surface area contributed by atoms with Crippen molar-refractivity contribution in [1.82, 2.24) is 9.91 Å². The molecule has 7 heteroatoms. The number of hydrogen-bond acceptors (Lipinski definition) is 5. The van der Waals surface area contributed by atoms with Crippen LogP contribution in [0.25, 0.3) is 10.8 Å². The number of imide groups is 2. The van der Waals surface area contributed by atoms with Crippen LogP contribution in [0.4, 0.5) is 5.69 Å².